The summed E-state index contributed by atoms with van der Waals surface area (Å²) >= 11 is 0. The van der Waals surface area contributed by atoms with Gasteiger partial charge in [-0.2, -0.15) is 0 Å². The molecule has 1 fully saturated rings. The van der Waals surface area contributed by atoms with E-state index in [1.54, 1.807) is 0 Å². The average Bonchev–Trinajstić information content (AvgIpc) is 1.96. The van der Waals surface area contributed by atoms with Gasteiger partial charge in [-0.3, -0.25) is 4.79 Å². The SMILES string of the molecule is COC(=O)[C@@H]1CC[C@@H]1C[Si](C)(C)C. The molecule has 0 bridgehead atoms. The smallest absolute Gasteiger partial charge is 0.308 e. The normalized spacial score (nSPS) is 28.0. The Labute approximate surface area is 81.7 Å². The maximum absolute atomic E-state index is 11.3. The lowest BCUT2D eigenvalue weighted by atomic mass is 9.75. The van der Waals surface area contributed by atoms with E-state index in [9.17, 15) is 4.79 Å². The zero-order chi connectivity index (χ0) is 10.1. The molecule has 2 nitrogen and oxygen atoms in total. The van der Waals surface area contributed by atoms with Crippen LogP contribution in [-0.4, -0.2) is 21.2 Å². The molecule has 0 aromatic rings. The van der Waals surface area contributed by atoms with Gasteiger partial charge in [0.25, 0.3) is 0 Å². The lowest BCUT2D eigenvalue weighted by molar-refractivity contribution is -0.151. The second kappa shape index (κ2) is 3.82. The first-order chi connectivity index (χ1) is 5.94. The van der Waals surface area contributed by atoms with Crippen LogP contribution >= 0.6 is 0 Å². The Morgan fingerprint density at radius 3 is 2.31 bits per heavy atom. The zero-order valence-electron chi connectivity index (χ0n) is 9.09. The molecule has 0 aromatic heterocycles. The predicted octanol–water partition coefficient (Wildman–Crippen LogP) is 2.52. The monoisotopic (exact) mass is 200 g/mol. The van der Waals surface area contributed by atoms with Crippen LogP contribution in [0.3, 0.4) is 0 Å². The largest absolute Gasteiger partial charge is 0.469 e. The third-order valence-electron chi connectivity index (χ3n) is 2.80. The van der Waals surface area contributed by atoms with E-state index in [4.69, 9.17) is 4.74 Å². The molecule has 0 heterocycles. The second-order valence-electron chi connectivity index (χ2n) is 5.23. The summed E-state index contributed by atoms with van der Waals surface area (Å²) in [5.41, 5.74) is 0. The van der Waals surface area contributed by atoms with Crippen LogP contribution in [0.25, 0.3) is 0 Å². The highest BCUT2D eigenvalue weighted by molar-refractivity contribution is 6.76. The van der Waals surface area contributed by atoms with Gasteiger partial charge in [0.2, 0.25) is 0 Å². The van der Waals surface area contributed by atoms with Crippen molar-refractivity contribution < 1.29 is 9.53 Å². The molecule has 2 atom stereocenters. The van der Waals surface area contributed by atoms with E-state index in [0.717, 1.165) is 6.42 Å². The molecular weight excluding hydrogens is 180 g/mol. The van der Waals surface area contributed by atoms with Gasteiger partial charge in [0.1, 0.15) is 0 Å². The number of carbonyl (C=O) groups is 1. The topological polar surface area (TPSA) is 26.3 Å². The summed E-state index contributed by atoms with van der Waals surface area (Å²) in [4.78, 5) is 11.3. The van der Waals surface area contributed by atoms with E-state index in [1.807, 2.05) is 0 Å². The predicted molar refractivity (Wildman–Crippen MR) is 56.4 cm³/mol. The van der Waals surface area contributed by atoms with Gasteiger partial charge < -0.3 is 4.74 Å². The molecule has 0 saturated heterocycles. The van der Waals surface area contributed by atoms with Crippen LogP contribution in [0, 0.1) is 11.8 Å². The Kier molecular flexibility index (Phi) is 3.17. The summed E-state index contributed by atoms with van der Waals surface area (Å²) in [6.07, 6.45) is 2.27. The zero-order valence-corrected chi connectivity index (χ0v) is 10.1. The Hall–Kier alpha value is -0.313. The van der Waals surface area contributed by atoms with Gasteiger partial charge in [-0.25, -0.2) is 0 Å². The van der Waals surface area contributed by atoms with Crippen molar-refractivity contribution in [1.29, 1.82) is 0 Å². The highest BCUT2D eigenvalue weighted by atomic mass is 28.3. The second-order valence-corrected chi connectivity index (χ2v) is 10.8. The summed E-state index contributed by atoms with van der Waals surface area (Å²) in [7, 11) is 0.494. The third-order valence-corrected chi connectivity index (χ3v) is 4.55. The molecule has 1 aliphatic rings. The molecule has 0 aliphatic heterocycles. The number of hydrogen-bond acceptors (Lipinski definition) is 2. The summed E-state index contributed by atoms with van der Waals surface area (Å²) < 4.78 is 4.78. The molecule has 0 aromatic carbocycles. The molecule has 13 heavy (non-hydrogen) atoms. The third kappa shape index (κ3) is 2.83. The lowest BCUT2D eigenvalue weighted by Gasteiger charge is -2.37. The molecule has 0 radical (unpaired) electrons. The summed E-state index contributed by atoms with van der Waals surface area (Å²) in [5, 5.41) is 0. The van der Waals surface area contributed by atoms with Crippen molar-refractivity contribution in [2.45, 2.75) is 38.5 Å². The van der Waals surface area contributed by atoms with Crippen molar-refractivity contribution in [3.8, 4) is 0 Å². The van der Waals surface area contributed by atoms with Crippen molar-refractivity contribution in [3.63, 3.8) is 0 Å². The summed E-state index contributed by atoms with van der Waals surface area (Å²) in [6.45, 7) is 7.08. The molecule has 1 rings (SSSR count). The average molecular weight is 200 g/mol. The fourth-order valence-corrected chi connectivity index (χ4v) is 4.12. The van der Waals surface area contributed by atoms with E-state index >= 15 is 0 Å². The number of carbonyl (C=O) groups excluding carboxylic acids is 1. The van der Waals surface area contributed by atoms with E-state index in [1.165, 1.54) is 19.6 Å². The van der Waals surface area contributed by atoms with Crippen molar-refractivity contribution in [2.24, 2.45) is 11.8 Å². The minimum absolute atomic E-state index is 0.00880. The van der Waals surface area contributed by atoms with Gasteiger partial charge in [0, 0.05) is 8.07 Å². The van der Waals surface area contributed by atoms with E-state index in [0.29, 0.717) is 5.92 Å². The Bertz CT molecular complexity index is 196. The van der Waals surface area contributed by atoms with Crippen LogP contribution in [0.4, 0.5) is 0 Å². The fourth-order valence-electron chi connectivity index (χ4n) is 2.06. The Morgan fingerprint density at radius 2 is 2.00 bits per heavy atom. The minimum Gasteiger partial charge on any atom is -0.469 e. The van der Waals surface area contributed by atoms with Crippen LogP contribution in [0.5, 0.6) is 0 Å². The number of hydrogen-bond donors (Lipinski definition) is 0. The van der Waals surface area contributed by atoms with Crippen LogP contribution < -0.4 is 0 Å². The van der Waals surface area contributed by atoms with Crippen molar-refractivity contribution >= 4 is 14.0 Å². The van der Waals surface area contributed by atoms with E-state index in [-0.39, 0.29) is 11.9 Å². The molecule has 0 unspecified atom stereocenters. The quantitative estimate of drug-likeness (QED) is 0.517. The highest BCUT2D eigenvalue weighted by Gasteiger charge is 2.39. The standard InChI is InChI=1S/C10H20O2Si/c1-12-10(11)9-6-5-8(9)7-13(2,3)4/h8-9H,5-7H2,1-4H3/t8-,9-/m1/s1. The van der Waals surface area contributed by atoms with Crippen LogP contribution in [0.1, 0.15) is 12.8 Å². The van der Waals surface area contributed by atoms with Gasteiger partial charge in [-0.05, 0) is 18.8 Å². The Morgan fingerprint density at radius 1 is 1.38 bits per heavy atom. The van der Waals surface area contributed by atoms with Crippen molar-refractivity contribution in [2.75, 3.05) is 7.11 Å². The molecular formula is C10H20O2Si. The minimum atomic E-state index is -0.998. The van der Waals surface area contributed by atoms with Gasteiger partial charge in [0.05, 0.1) is 13.0 Å². The number of ether oxygens (including phenoxy) is 1. The fraction of sp³-hybridized carbons (Fsp3) is 0.900. The van der Waals surface area contributed by atoms with Gasteiger partial charge in [-0.15, -0.1) is 0 Å². The molecule has 1 aliphatic carbocycles. The van der Waals surface area contributed by atoms with Gasteiger partial charge in [-0.1, -0.05) is 25.7 Å². The first kappa shape index (κ1) is 10.8. The number of rotatable bonds is 3. The summed E-state index contributed by atoms with van der Waals surface area (Å²) in [6, 6.07) is 1.27. The maximum Gasteiger partial charge on any atom is 0.308 e. The molecule has 76 valence electrons. The van der Waals surface area contributed by atoms with Gasteiger partial charge >= 0.3 is 5.97 Å². The van der Waals surface area contributed by atoms with Crippen molar-refractivity contribution in [1.82, 2.24) is 0 Å². The highest BCUT2D eigenvalue weighted by Crippen LogP contribution is 2.40. The molecule has 1 saturated carbocycles. The first-order valence-electron chi connectivity index (χ1n) is 5.02. The Balaban J connectivity index is 2.41. The number of esters is 1. The first-order valence-corrected chi connectivity index (χ1v) is 8.72. The molecule has 0 spiro atoms. The van der Waals surface area contributed by atoms with Gasteiger partial charge in [0.15, 0.2) is 0 Å². The van der Waals surface area contributed by atoms with E-state index in [2.05, 4.69) is 19.6 Å². The lowest BCUT2D eigenvalue weighted by Crippen LogP contribution is -2.38. The van der Waals surface area contributed by atoms with Crippen molar-refractivity contribution in [3.05, 3.63) is 0 Å². The molecule has 0 N–H and O–H groups in total. The van der Waals surface area contributed by atoms with Crippen LogP contribution in [0.2, 0.25) is 25.7 Å². The maximum atomic E-state index is 11.3. The summed E-state index contributed by atoms with van der Waals surface area (Å²) in [5.74, 6) is 0.852. The van der Waals surface area contributed by atoms with E-state index < -0.39 is 8.07 Å². The molecule has 3 heteroatoms. The van der Waals surface area contributed by atoms with Crippen LogP contribution in [-0.2, 0) is 9.53 Å². The number of methoxy groups -OCH3 is 1. The van der Waals surface area contributed by atoms with Crippen LogP contribution in [0.15, 0.2) is 0 Å². The molecule has 0 amide bonds.